The monoisotopic (exact) mass is 849 g/mol. The molecule has 0 spiro atoms. The minimum Gasteiger partial charge on any atom is -0.462 e. The van der Waals surface area contributed by atoms with E-state index in [0.29, 0.717) is 19.3 Å². The van der Waals surface area contributed by atoms with Crippen LogP contribution in [-0.4, -0.2) is 37.2 Å². The lowest BCUT2D eigenvalue weighted by molar-refractivity contribution is -0.167. The second-order valence-corrected chi connectivity index (χ2v) is 19.5. The van der Waals surface area contributed by atoms with Crippen LogP contribution in [0, 0.1) is 11.8 Å². The molecule has 0 aromatic carbocycles. The third-order valence-electron chi connectivity index (χ3n) is 12.2. The van der Waals surface area contributed by atoms with Gasteiger partial charge in [-0.15, -0.1) is 0 Å². The molecule has 0 aliphatic heterocycles. The summed E-state index contributed by atoms with van der Waals surface area (Å²) in [6, 6.07) is 0. The summed E-state index contributed by atoms with van der Waals surface area (Å²) in [5.74, 6) is 0.832. The minimum absolute atomic E-state index is 0.0633. The van der Waals surface area contributed by atoms with Gasteiger partial charge < -0.3 is 14.2 Å². The van der Waals surface area contributed by atoms with Crippen molar-refractivity contribution in [3.8, 4) is 0 Å². The molecular weight excluding hydrogens is 745 g/mol. The van der Waals surface area contributed by atoms with E-state index in [2.05, 4.69) is 34.6 Å². The number of carbonyl (C=O) groups excluding carboxylic acids is 3. The minimum atomic E-state index is -0.761. The Balaban J connectivity index is 4.28. The van der Waals surface area contributed by atoms with Gasteiger partial charge >= 0.3 is 17.9 Å². The maximum atomic E-state index is 12.8. The van der Waals surface area contributed by atoms with Crippen LogP contribution in [0.15, 0.2) is 0 Å². The van der Waals surface area contributed by atoms with Gasteiger partial charge in [0.25, 0.3) is 0 Å². The molecule has 60 heavy (non-hydrogen) atoms. The second-order valence-electron chi connectivity index (χ2n) is 19.5. The van der Waals surface area contributed by atoms with Gasteiger partial charge in [-0.2, -0.15) is 0 Å². The number of carbonyl (C=O) groups is 3. The van der Waals surface area contributed by atoms with Crippen molar-refractivity contribution in [2.24, 2.45) is 11.8 Å². The first-order valence-corrected chi connectivity index (χ1v) is 26.7. The van der Waals surface area contributed by atoms with Crippen molar-refractivity contribution in [3.63, 3.8) is 0 Å². The van der Waals surface area contributed by atoms with Gasteiger partial charge in [-0.25, -0.2) is 0 Å². The Labute approximate surface area is 374 Å². The van der Waals surface area contributed by atoms with Crippen LogP contribution in [0.3, 0.4) is 0 Å². The molecule has 0 aromatic heterocycles. The fourth-order valence-electron chi connectivity index (χ4n) is 8.17. The largest absolute Gasteiger partial charge is 0.462 e. The standard InChI is InChI=1S/C54H104O6/c1-6-7-8-9-10-11-24-29-34-39-44-52(55)58-47-51(60-54(57)46-41-36-31-26-21-17-13-15-19-23-28-33-38-43-50(4)5)48-59-53(56)45-40-35-30-25-20-16-12-14-18-22-27-32-37-42-49(2)3/h49-51H,6-48H2,1-5H3/t51-/m1/s1. The van der Waals surface area contributed by atoms with E-state index in [4.69, 9.17) is 14.2 Å². The highest BCUT2D eigenvalue weighted by Crippen LogP contribution is 2.18. The lowest BCUT2D eigenvalue weighted by Crippen LogP contribution is -2.30. The molecule has 0 N–H and O–H groups in total. The molecule has 0 saturated carbocycles. The highest BCUT2D eigenvalue weighted by molar-refractivity contribution is 5.71. The maximum Gasteiger partial charge on any atom is 0.306 e. The lowest BCUT2D eigenvalue weighted by Gasteiger charge is -2.18. The van der Waals surface area contributed by atoms with Crippen molar-refractivity contribution >= 4 is 17.9 Å². The van der Waals surface area contributed by atoms with E-state index >= 15 is 0 Å². The first-order chi connectivity index (χ1) is 29.2. The summed E-state index contributed by atoms with van der Waals surface area (Å²) in [5, 5.41) is 0. The Kier molecular flexibility index (Phi) is 45.7. The molecule has 0 radical (unpaired) electrons. The van der Waals surface area contributed by atoms with E-state index in [1.807, 2.05) is 0 Å². The lowest BCUT2D eigenvalue weighted by atomic mass is 10.0. The maximum absolute atomic E-state index is 12.8. The summed E-state index contributed by atoms with van der Waals surface area (Å²) in [6.07, 6.45) is 48.0. The number of rotatable bonds is 48. The highest BCUT2D eigenvalue weighted by Gasteiger charge is 2.19. The molecule has 0 unspecified atom stereocenters. The van der Waals surface area contributed by atoms with Crippen molar-refractivity contribution in [2.45, 2.75) is 304 Å². The number of ether oxygens (including phenoxy) is 3. The summed E-state index contributed by atoms with van der Waals surface area (Å²) in [7, 11) is 0. The van der Waals surface area contributed by atoms with E-state index in [0.717, 1.165) is 69.6 Å². The van der Waals surface area contributed by atoms with Gasteiger partial charge in [0.1, 0.15) is 13.2 Å². The number of esters is 3. The van der Waals surface area contributed by atoms with Gasteiger partial charge in [-0.3, -0.25) is 14.4 Å². The first kappa shape index (κ1) is 58.4. The van der Waals surface area contributed by atoms with Crippen LogP contribution < -0.4 is 0 Å². The first-order valence-electron chi connectivity index (χ1n) is 26.7. The molecule has 6 heteroatoms. The molecule has 0 rings (SSSR count). The molecule has 1 atom stereocenters. The van der Waals surface area contributed by atoms with Crippen molar-refractivity contribution in [3.05, 3.63) is 0 Å². The van der Waals surface area contributed by atoms with Gasteiger partial charge in [0.2, 0.25) is 0 Å². The third-order valence-corrected chi connectivity index (χ3v) is 12.2. The molecule has 0 fully saturated rings. The summed E-state index contributed by atoms with van der Waals surface area (Å²) in [6.45, 7) is 11.4. The van der Waals surface area contributed by atoms with Crippen LogP contribution in [0.5, 0.6) is 0 Å². The van der Waals surface area contributed by atoms with E-state index < -0.39 is 6.10 Å². The second kappa shape index (κ2) is 46.9. The Morgan fingerprint density at radius 2 is 0.550 bits per heavy atom. The van der Waals surface area contributed by atoms with Crippen LogP contribution in [0.1, 0.15) is 298 Å². The molecular formula is C54H104O6. The molecule has 0 heterocycles. The molecule has 356 valence electrons. The van der Waals surface area contributed by atoms with Crippen molar-refractivity contribution in [1.82, 2.24) is 0 Å². The fraction of sp³-hybridized carbons (Fsp3) is 0.944. The number of unbranched alkanes of at least 4 members (excludes halogenated alkanes) is 33. The molecule has 0 aromatic rings. The quantitative estimate of drug-likeness (QED) is 0.0345. The average molecular weight is 849 g/mol. The SMILES string of the molecule is CCCCCCCCCCCCC(=O)OC[C@H](COC(=O)CCCCCCCCCCCCCCCC(C)C)OC(=O)CCCCCCCCCCCCCCCC(C)C. The van der Waals surface area contributed by atoms with Crippen molar-refractivity contribution < 1.29 is 28.6 Å². The topological polar surface area (TPSA) is 78.9 Å². The van der Waals surface area contributed by atoms with E-state index in [1.54, 1.807) is 0 Å². The molecule has 0 amide bonds. The van der Waals surface area contributed by atoms with Gasteiger partial charge in [0.05, 0.1) is 0 Å². The van der Waals surface area contributed by atoms with Gasteiger partial charge in [0.15, 0.2) is 6.10 Å². The summed E-state index contributed by atoms with van der Waals surface area (Å²) in [4.78, 5) is 37.9. The summed E-state index contributed by atoms with van der Waals surface area (Å²) < 4.78 is 16.8. The van der Waals surface area contributed by atoms with Crippen LogP contribution in [0.4, 0.5) is 0 Å². The Morgan fingerprint density at radius 3 is 0.817 bits per heavy atom. The Morgan fingerprint density at radius 1 is 0.317 bits per heavy atom. The van der Waals surface area contributed by atoms with E-state index in [1.165, 1.54) is 186 Å². The predicted octanol–water partition coefficient (Wildman–Crippen LogP) is 17.3. The highest BCUT2D eigenvalue weighted by atomic mass is 16.6. The van der Waals surface area contributed by atoms with Crippen molar-refractivity contribution in [1.29, 1.82) is 0 Å². The van der Waals surface area contributed by atoms with Gasteiger partial charge in [-0.05, 0) is 31.1 Å². The van der Waals surface area contributed by atoms with Gasteiger partial charge in [0, 0.05) is 19.3 Å². The zero-order valence-electron chi connectivity index (χ0n) is 41.1. The smallest absolute Gasteiger partial charge is 0.306 e. The van der Waals surface area contributed by atoms with Crippen LogP contribution in [0.25, 0.3) is 0 Å². The molecule has 0 bridgehead atoms. The summed E-state index contributed by atoms with van der Waals surface area (Å²) in [5.41, 5.74) is 0. The average Bonchev–Trinajstić information content (AvgIpc) is 3.22. The zero-order chi connectivity index (χ0) is 44.0. The third kappa shape index (κ3) is 47.5. The van der Waals surface area contributed by atoms with Crippen LogP contribution in [0.2, 0.25) is 0 Å². The van der Waals surface area contributed by atoms with E-state index in [9.17, 15) is 14.4 Å². The van der Waals surface area contributed by atoms with E-state index in [-0.39, 0.29) is 31.1 Å². The number of hydrogen-bond acceptors (Lipinski definition) is 6. The zero-order valence-corrected chi connectivity index (χ0v) is 41.1. The normalized spacial score (nSPS) is 12.1. The van der Waals surface area contributed by atoms with Crippen LogP contribution in [-0.2, 0) is 28.6 Å². The molecule has 0 aliphatic rings. The summed E-state index contributed by atoms with van der Waals surface area (Å²) >= 11 is 0. The number of hydrogen-bond donors (Lipinski definition) is 0. The predicted molar refractivity (Wildman–Crippen MR) is 256 cm³/mol. The van der Waals surface area contributed by atoms with Gasteiger partial charge in [-0.1, -0.05) is 259 Å². The molecule has 6 nitrogen and oxygen atoms in total. The van der Waals surface area contributed by atoms with Crippen molar-refractivity contribution in [2.75, 3.05) is 13.2 Å². The molecule has 0 aliphatic carbocycles. The Hall–Kier alpha value is -1.59. The molecule has 0 saturated heterocycles. The fourth-order valence-corrected chi connectivity index (χ4v) is 8.17. The van der Waals surface area contributed by atoms with Crippen LogP contribution >= 0.6 is 0 Å². The Bertz CT molecular complexity index is 916.